The van der Waals surface area contributed by atoms with Crippen molar-refractivity contribution in [3.63, 3.8) is 0 Å². The number of amides is 1. The lowest BCUT2D eigenvalue weighted by Gasteiger charge is -2.26. The minimum Gasteiger partial charge on any atom is -0.495 e. The number of rotatable bonds is 10. The second kappa shape index (κ2) is 11.0. The van der Waals surface area contributed by atoms with Crippen LogP contribution in [-0.2, 0) is 21.2 Å². The van der Waals surface area contributed by atoms with Crippen LogP contribution < -0.4 is 14.4 Å². The first-order valence-electron chi connectivity index (χ1n) is 10.9. The third-order valence-corrected chi connectivity index (χ3v) is 7.11. The van der Waals surface area contributed by atoms with Crippen LogP contribution in [-0.4, -0.2) is 34.0 Å². The van der Waals surface area contributed by atoms with Crippen molar-refractivity contribution in [2.45, 2.75) is 37.6 Å². The molecule has 0 heterocycles. The first-order valence-corrected chi connectivity index (χ1v) is 12.3. The minimum absolute atomic E-state index is 0.110. The Morgan fingerprint density at radius 3 is 2.27 bits per heavy atom. The Bertz CT molecular complexity index is 1170. The molecule has 3 aromatic carbocycles. The molecule has 0 unspecified atom stereocenters. The van der Waals surface area contributed by atoms with E-state index in [0.29, 0.717) is 11.4 Å². The smallest absolute Gasteiger partial charge is 0.264 e. The normalized spacial score (nSPS) is 12.1. The number of nitrogens with zero attached hydrogens (tertiary/aromatic N) is 1. The van der Waals surface area contributed by atoms with E-state index >= 15 is 0 Å². The number of ether oxygens (including phenoxy) is 1. The van der Waals surface area contributed by atoms with Gasteiger partial charge in [0, 0.05) is 6.04 Å². The first kappa shape index (κ1) is 24.3. The van der Waals surface area contributed by atoms with Gasteiger partial charge in [-0.2, -0.15) is 0 Å². The van der Waals surface area contributed by atoms with Crippen molar-refractivity contribution in [2.24, 2.45) is 0 Å². The van der Waals surface area contributed by atoms with E-state index in [1.54, 1.807) is 30.3 Å². The molecule has 0 fully saturated rings. The molecule has 0 aliphatic carbocycles. The molecule has 0 bridgehead atoms. The molecular weight excluding hydrogens is 436 g/mol. The largest absolute Gasteiger partial charge is 0.495 e. The van der Waals surface area contributed by atoms with Crippen molar-refractivity contribution in [1.82, 2.24) is 5.32 Å². The van der Waals surface area contributed by atoms with Crippen LogP contribution in [0.15, 0.2) is 83.8 Å². The Labute approximate surface area is 196 Å². The lowest BCUT2D eigenvalue weighted by molar-refractivity contribution is -0.120. The molecule has 0 aliphatic rings. The van der Waals surface area contributed by atoms with E-state index in [1.165, 1.54) is 24.8 Å². The maximum absolute atomic E-state index is 13.5. The highest BCUT2D eigenvalue weighted by molar-refractivity contribution is 7.92. The zero-order chi connectivity index (χ0) is 23.8. The van der Waals surface area contributed by atoms with Crippen molar-refractivity contribution in [3.05, 3.63) is 90.0 Å². The summed E-state index contributed by atoms with van der Waals surface area (Å²) in [6.07, 6.45) is 1.56. The predicted octanol–water partition coefficient (Wildman–Crippen LogP) is 4.34. The van der Waals surface area contributed by atoms with Gasteiger partial charge in [-0.3, -0.25) is 9.10 Å². The van der Waals surface area contributed by atoms with Crippen molar-refractivity contribution in [1.29, 1.82) is 0 Å². The van der Waals surface area contributed by atoms with Crippen LogP contribution in [0.2, 0.25) is 0 Å². The Hall–Kier alpha value is -3.32. The molecule has 3 aromatic rings. The van der Waals surface area contributed by atoms with E-state index in [9.17, 15) is 13.2 Å². The molecule has 7 heteroatoms. The topological polar surface area (TPSA) is 75.7 Å². The van der Waals surface area contributed by atoms with Crippen molar-refractivity contribution in [3.8, 4) is 5.75 Å². The van der Waals surface area contributed by atoms with E-state index in [1.807, 2.05) is 50.2 Å². The average Bonchev–Trinajstić information content (AvgIpc) is 2.82. The predicted molar refractivity (Wildman–Crippen MR) is 131 cm³/mol. The average molecular weight is 467 g/mol. The number of anilines is 1. The summed E-state index contributed by atoms with van der Waals surface area (Å²) in [7, 11) is -2.52. The number of hydrogen-bond acceptors (Lipinski definition) is 4. The number of carbonyl (C=O) groups excluding carboxylic acids is 1. The zero-order valence-electron chi connectivity index (χ0n) is 19.2. The number of benzene rings is 3. The van der Waals surface area contributed by atoms with Crippen LogP contribution >= 0.6 is 0 Å². The summed E-state index contributed by atoms with van der Waals surface area (Å²) in [6, 6.07) is 23.3. The SMILES string of the molecule is COc1ccc(C)cc1N(CC(=O)N[C@@H](C)CCc1ccccc1)S(=O)(=O)c1ccccc1. The molecule has 0 spiro atoms. The van der Waals surface area contributed by atoms with Crippen molar-refractivity contribution >= 4 is 21.6 Å². The molecule has 0 aromatic heterocycles. The number of aryl methyl sites for hydroxylation is 2. The Balaban J connectivity index is 1.83. The fraction of sp³-hybridized carbons (Fsp3) is 0.269. The quantitative estimate of drug-likeness (QED) is 0.482. The van der Waals surface area contributed by atoms with Gasteiger partial charge in [0.25, 0.3) is 10.0 Å². The molecule has 1 N–H and O–H groups in total. The van der Waals surface area contributed by atoms with Crippen LogP contribution in [0.4, 0.5) is 5.69 Å². The summed E-state index contributed by atoms with van der Waals surface area (Å²) in [4.78, 5) is 13.1. The molecule has 174 valence electrons. The van der Waals surface area contributed by atoms with E-state index in [4.69, 9.17) is 4.74 Å². The number of methoxy groups -OCH3 is 1. The van der Waals surface area contributed by atoms with Gasteiger partial charge < -0.3 is 10.1 Å². The summed E-state index contributed by atoms with van der Waals surface area (Å²) >= 11 is 0. The van der Waals surface area contributed by atoms with Gasteiger partial charge in [0.15, 0.2) is 0 Å². The fourth-order valence-corrected chi connectivity index (χ4v) is 5.01. The summed E-state index contributed by atoms with van der Waals surface area (Å²) < 4.78 is 33.6. The minimum atomic E-state index is -4.00. The van der Waals surface area contributed by atoms with Gasteiger partial charge in [-0.1, -0.05) is 54.6 Å². The van der Waals surface area contributed by atoms with E-state index in [2.05, 4.69) is 5.32 Å². The lowest BCUT2D eigenvalue weighted by Crippen LogP contribution is -2.43. The standard InChI is InChI=1S/C26H30N2O4S/c1-20-14-17-25(32-3)24(18-20)28(33(30,31)23-12-8-5-9-13-23)19-26(29)27-21(2)15-16-22-10-6-4-7-11-22/h4-14,17-18,21H,15-16,19H2,1-3H3,(H,27,29)/t21-/m0/s1. The van der Waals surface area contributed by atoms with Gasteiger partial charge in [0.05, 0.1) is 17.7 Å². The highest BCUT2D eigenvalue weighted by Crippen LogP contribution is 2.33. The van der Waals surface area contributed by atoms with Gasteiger partial charge in [-0.25, -0.2) is 8.42 Å². The molecule has 1 atom stereocenters. The van der Waals surface area contributed by atoms with Gasteiger partial charge in [-0.05, 0) is 62.1 Å². The van der Waals surface area contributed by atoms with Crippen LogP contribution in [0.1, 0.15) is 24.5 Å². The molecule has 1 amide bonds. The van der Waals surface area contributed by atoms with E-state index < -0.39 is 10.0 Å². The van der Waals surface area contributed by atoms with Crippen LogP contribution in [0, 0.1) is 6.92 Å². The lowest BCUT2D eigenvalue weighted by atomic mass is 10.1. The van der Waals surface area contributed by atoms with Gasteiger partial charge in [0.2, 0.25) is 5.91 Å². The third-order valence-electron chi connectivity index (χ3n) is 5.34. The third kappa shape index (κ3) is 6.35. The van der Waals surface area contributed by atoms with E-state index in [-0.39, 0.29) is 23.4 Å². The highest BCUT2D eigenvalue weighted by Gasteiger charge is 2.29. The monoisotopic (exact) mass is 466 g/mol. The van der Waals surface area contributed by atoms with Crippen LogP contribution in [0.5, 0.6) is 5.75 Å². The molecule has 0 aliphatic heterocycles. The maximum atomic E-state index is 13.5. The van der Waals surface area contributed by atoms with Crippen LogP contribution in [0.25, 0.3) is 0 Å². The second-order valence-corrected chi connectivity index (χ2v) is 9.86. The Kier molecular flexibility index (Phi) is 8.11. The number of nitrogens with one attached hydrogen (secondary N) is 1. The molecule has 33 heavy (non-hydrogen) atoms. The Morgan fingerprint density at radius 2 is 1.64 bits per heavy atom. The van der Waals surface area contributed by atoms with Gasteiger partial charge >= 0.3 is 0 Å². The molecule has 0 saturated carbocycles. The second-order valence-electron chi connectivity index (χ2n) is 7.99. The van der Waals surface area contributed by atoms with Gasteiger partial charge in [-0.15, -0.1) is 0 Å². The Morgan fingerprint density at radius 1 is 1.00 bits per heavy atom. The molecular formula is C26H30N2O4S. The van der Waals surface area contributed by atoms with Gasteiger partial charge in [0.1, 0.15) is 12.3 Å². The highest BCUT2D eigenvalue weighted by atomic mass is 32.2. The molecule has 6 nitrogen and oxygen atoms in total. The van der Waals surface area contributed by atoms with Crippen molar-refractivity contribution in [2.75, 3.05) is 18.0 Å². The molecule has 3 rings (SSSR count). The summed E-state index contributed by atoms with van der Waals surface area (Å²) in [5, 5.41) is 2.94. The number of carbonyl (C=O) groups is 1. The summed E-state index contributed by atoms with van der Waals surface area (Å²) in [5.74, 6) is 0.00339. The number of sulfonamides is 1. The number of hydrogen-bond donors (Lipinski definition) is 1. The molecule has 0 radical (unpaired) electrons. The van der Waals surface area contributed by atoms with E-state index in [0.717, 1.165) is 22.7 Å². The van der Waals surface area contributed by atoms with Crippen LogP contribution in [0.3, 0.4) is 0 Å². The first-order chi connectivity index (χ1) is 15.8. The zero-order valence-corrected chi connectivity index (χ0v) is 20.0. The maximum Gasteiger partial charge on any atom is 0.264 e. The molecule has 0 saturated heterocycles. The summed E-state index contributed by atoms with van der Waals surface area (Å²) in [5.41, 5.74) is 2.38. The summed E-state index contributed by atoms with van der Waals surface area (Å²) in [6.45, 7) is 3.43. The fourth-order valence-electron chi connectivity index (χ4n) is 3.57. The van der Waals surface area contributed by atoms with Crippen molar-refractivity contribution < 1.29 is 17.9 Å².